The van der Waals surface area contributed by atoms with Gasteiger partial charge >= 0.3 is 0 Å². The first-order valence-corrected chi connectivity index (χ1v) is 6.16. The van der Waals surface area contributed by atoms with Crippen molar-refractivity contribution < 1.29 is 8.78 Å². The molecule has 0 aliphatic heterocycles. The molecule has 4 heteroatoms. The van der Waals surface area contributed by atoms with E-state index in [2.05, 4.69) is 0 Å². The number of hydrogen-bond acceptors (Lipinski definition) is 0. The lowest BCUT2D eigenvalue weighted by Gasteiger charge is -2.13. The lowest BCUT2D eigenvalue weighted by atomic mass is 10.0. The largest absolute Gasteiger partial charge is 0.207 e. The third-order valence-corrected chi connectivity index (χ3v) is 3.54. The summed E-state index contributed by atoms with van der Waals surface area (Å²) in [6.07, 6.45) is 0. The average molecular weight is 287 g/mol. The molecule has 0 saturated heterocycles. The highest BCUT2D eigenvalue weighted by molar-refractivity contribution is 6.33. The van der Waals surface area contributed by atoms with Gasteiger partial charge in [0.25, 0.3) is 0 Å². The summed E-state index contributed by atoms with van der Waals surface area (Å²) in [6, 6.07) is 9.11. The van der Waals surface area contributed by atoms with Crippen LogP contribution in [0.1, 0.15) is 22.1 Å². The molecule has 0 N–H and O–H groups in total. The molecule has 0 spiro atoms. The van der Waals surface area contributed by atoms with Crippen molar-refractivity contribution in [2.24, 2.45) is 0 Å². The van der Waals surface area contributed by atoms with E-state index in [-0.39, 0.29) is 11.1 Å². The molecule has 94 valence electrons. The minimum atomic E-state index is -0.811. The smallest absolute Gasteiger partial charge is 0.128 e. The number of hydrogen-bond donors (Lipinski definition) is 0. The lowest BCUT2D eigenvalue weighted by Crippen LogP contribution is -2.00. The van der Waals surface area contributed by atoms with Crippen LogP contribution in [0, 0.1) is 18.6 Å². The SMILES string of the molecule is Cc1cc(F)c(C(Cl)c2ccccc2Cl)cc1F. The van der Waals surface area contributed by atoms with Crippen molar-refractivity contribution in [3.63, 3.8) is 0 Å². The summed E-state index contributed by atoms with van der Waals surface area (Å²) >= 11 is 12.2. The van der Waals surface area contributed by atoms with E-state index in [1.165, 1.54) is 6.92 Å². The molecule has 2 aromatic carbocycles. The molecule has 0 saturated carbocycles. The molecule has 0 heterocycles. The highest BCUT2D eigenvalue weighted by Crippen LogP contribution is 2.35. The van der Waals surface area contributed by atoms with Gasteiger partial charge in [0, 0.05) is 10.6 Å². The second-order valence-corrected chi connectivity index (χ2v) is 4.85. The van der Waals surface area contributed by atoms with Crippen LogP contribution < -0.4 is 0 Å². The summed E-state index contributed by atoms with van der Waals surface area (Å²) in [5.41, 5.74) is 0.898. The Morgan fingerprint density at radius 3 is 2.33 bits per heavy atom. The Balaban J connectivity index is 2.50. The van der Waals surface area contributed by atoms with Gasteiger partial charge in [-0.2, -0.15) is 0 Å². The van der Waals surface area contributed by atoms with Crippen molar-refractivity contribution in [2.75, 3.05) is 0 Å². The first kappa shape index (κ1) is 13.3. The maximum absolute atomic E-state index is 13.8. The summed E-state index contributed by atoms with van der Waals surface area (Å²) in [6.45, 7) is 1.50. The first-order valence-electron chi connectivity index (χ1n) is 5.34. The third kappa shape index (κ3) is 2.50. The van der Waals surface area contributed by atoms with Crippen LogP contribution in [-0.4, -0.2) is 0 Å². The maximum atomic E-state index is 13.8. The monoisotopic (exact) mass is 286 g/mol. The van der Waals surface area contributed by atoms with Crippen molar-refractivity contribution >= 4 is 23.2 Å². The standard InChI is InChI=1S/C14H10Cl2F2/c1-8-6-13(18)10(7-12(8)17)14(16)9-4-2-3-5-11(9)15/h2-7,14H,1H3. The molecule has 1 atom stereocenters. The van der Waals surface area contributed by atoms with Crippen molar-refractivity contribution in [1.82, 2.24) is 0 Å². The fourth-order valence-electron chi connectivity index (χ4n) is 1.70. The molecule has 0 aromatic heterocycles. The minimum absolute atomic E-state index is 0.0906. The molecular weight excluding hydrogens is 277 g/mol. The highest BCUT2D eigenvalue weighted by atomic mass is 35.5. The van der Waals surface area contributed by atoms with Crippen molar-refractivity contribution in [2.45, 2.75) is 12.3 Å². The summed E-state index contributed by atoms with van der Waals surface area (Å²) in [5.74, 6) is -1.02. The topological polar surface area (TPSA) is 0 Å². The van der Waals surface area contributed by atoms with Crippen molar-refractivity contribution in [1.29, 1.82) is 0 Å². The zero-order valence-electron chi connectivity index (χ0n) is 9.55. The maximum Gasteiger partial charge on any atom is 0.128 e. The molecule has 0 bridgehead atoms. The second-order valence-electron chi connectivity index (χ2n) is 4.01. The third-order valence-electron chi connectivity index (χ3n) is 2.73. The first-order chi connectivity index (χ1) is 8.50. The molecule has 0 amide bonds. The normalized spacial score (nSPS) is 12.5. The van der Waals surface area contributed by atoms with Gasteiger partial charge in [-0.15, -0.1) is 11.6 Å². The van der Waals surface area contributed by atoms with Crippen LogP contribution in [0.25, 0.3) is 0 Å². The van der Waals surface area contributed by atoms with Gasteiger partial charge in [0.2, 0.25) is 0 Å². The van der Waals surface area contributed by atoms with Gasteiger partial charge in [0.05, 0.1) is 5.38 Å². The molecule has 0 aliphatic carbocycles. The van der Waals surface area contributed by atoms with Gasteiger partial charge in [-0.1, -0.05) is 29.8 Å². The van der Waals surface area contributed by atoms with E-state index in [4.69, 9.17) is 23.2 Å². The van der Waals surface area contributed by atoms with Gasteiger partial charge in [-0.3, -0.25) is 0 Å². The van der Waals surface area contributed by atoms with Gasteiger partial charge in [-0.25, -0.2) is 8.78 Å². The summed E-state index contributed by atoms with van der Waals surface area (Å²) < 4.78 is 27.3. The Labute approximate surface area is 114 Å². The van der Waals surface area contributed by atoms with Crippen LogP contribution >= 0.6 is 23.2 Å². The van der Waals surface area contributed by atoms with E-state index < -0.39 is 17.0 Å². The summed E-state index contributed by atoms with van der Waals surface area (Å²) in [7, 11) is 0. The lowest BCUT2D eigenvalue weighted by molar-refractivity contribution is 0.580. The van der Waals surface area contributed by atoms with E-state index in [1.807, 2.05) is 0 Å². The van der Waals surface area contributed by atoms with Crippen LogP contribution in [0.15, 0.2) is 36.4 Å². The number of alkyl halides is 1. The van der Waals surface area contributed by atoms with Crippen LogP contribution in [0.4, 0.5) is 8.78 Å². The molecule has 1 unspecified atom stereocenters. The molecule has 0 nitrogen and oxygen atoms in total. The molecule has 0 fully saturated rings. The molecule has 2 rings (SSSR count). The van der Waals surface area contributed by atoms with Crippen molar-refractivity contribution in [3.8, 4) is 0 Å². The highest BCUT2D eigenvalue weighted by Gasteiger charge is 2.19. The molecule has 18 heavy (non-hydrogen) atoms. The van der Waals surface area contributed by atoms with Crippen LogP contribution in [0.2, 0.25) is 5.02 Å². The van der Waals surface area contributed by atoms with Crippen LogP contribution in [0.5, 0.6) is 0 Å². The zero-order valence-corrected chi connectivity index (χ0v) is 11.1. The van der Waals surface area contributed by atoms with E-state index in [1.54, 1.807) is 24.3 Å². The van der Waals surface area contributed by atoms with Gasteiger partial charge in [0.15, 0.2) is 0 Å². The van der Waals surface area contributed by atoms with E-state index in [0.717, 1.165) is 12.1 Å². The second kappa shape index (κ2) is 5.25. The van der Waals surface area contributed by atoms with Gasteiger partial charge in [-0.05, 0) is 36.2 Å². The molecule has 0 aliphatic rings. The molecule has 2 aromatic rings. The Morgan fingerprint density at radius 2 is 1.67 bits per heavy atom. The Bertz CT molecular complexity index is 582. The fourth-order valence-corrected chi connectivity index (χ4v) is 2.36. The minimum Gasteiger partial charge on any atom is -0.207 e. The summed E-state index contributed by atoms with van der Waals surface area (Å²) in [5, 5.41) is -0.383. The quantitative estimate of drug-likeness (QED) is 0.661. The Kier molecular flexibility index (Phi) is 3.88. The average Bonchev–Trinajstić information content (AvgIpc) is 2.33. The zero-order chi connectivity index (χ0) is 13.3. The fraction of sp³-hybridized carbons (Fsp3) is 0.143. The van der Waals surface area contributed by atoms with Crippen LogP contribution in [-0.2, 0) is 0 Å². The Hall–Kier alpha value is -1.12. The van der Waals surface area contributed by atoms with E-state index in [0.29, 0.717) is 10.6 Å². The van der Waals surface area contributed by atoms with Crippen molar-refractivity contribution in [3.05, 3.63) is 69.7 Å². The van der Waals surface area contributed by atoms with E-state index >= 15 is 0 Å². The Morgan fingerprint density at radius 1 is 1.00 bits per heavy atom. The number of aryl methyl sites for hydroxylation is 1. The number of rotatable bonds is 2. The molecule has 0 radical (unpaired) electrons. The van der Waals surface area contributed by atoms with Gasteiger partial charge in [0.1, 0.15) is 11.6 Å². The summed E-state index contributed by atoms with van der Waals surface area (Å²) in [4.78, 5) is 0. The predicted octanol–water partition coefficient (Wildman–Crippen LogP) is 5.25. The predicted molar refractivity (Wildman–Crippen MR) is 70.2 cm³/mol. The van der Waals surface area contributed by atoms with Gasteiger partial charge < -0.3 is 0 Å². The molecular formula is C14H10Cl2F2. The van der Waals surface area contributed by atoms with Crippen LogP contribution in [0.3, 0.4) is 0 Å². The number of benzene rings is 2. The van der Waals surface area contributed by atoms with E-state index in [9.17, 15) is 8.78 Å². The number of halogens is 4.